The number of hydrogen-bond donors (Lipinski definition) is 1. The van der Waals surface area contributed by atoms with E-state index in [1.54, 1.807) is 0 Å². The van der Waals surface area contributed by atoms with Gasteiger partial charge in [-0.2, -0.15) is 0 Å². The summed E-state index contributed by atoms with van der Waals surface area (Å²) in [5.74, 6) is 0.992. The van der Waals surface area contributed by atoms with E-state index in [2.05, 4.69) is 13.0 Å². The van der Waals surface area contributed by atoms with Gasteiger partial charge < -0.3 is 10.5 Å². The lowest BCUT2D eigenvalue weighted by atomic mass is 9.94. The largest absolute Gasteiger partial charge is 0.494 e. The second-order valence-electron chi connectivity index (χ2n) is 5.97. The maximum Gasteiger partial charge on any atom is 0.115 e. The van der Waals surface area contributed by atoms with Crippen LogP contribution in [0.15, 0.2) is 24.0 Å². The molecule has 110 valence electrons. The van der Waals surface area contributed by atoms with E-state index < -0.39 is 0 Å². The fraction of sp³-hybridized carbons (Fsp3) is 0.765. The smallest absolute Gasteiger partial charge is 0.115 e. The van der Waals surface area contributed by atoms with Gasteiger partial charge in [0.2, 0.25) is 0 Å². The maximum atomic E-state index is 6.00. The van der Waals surface area contributed by atoms with Crippen LogP contribution in [0.5, 0.6) is 0 Å². The summed E-state index contributed by atoms with van der Waals surface area (Å²) in [7, 11) is 0. The van der Waals surface area contributed by atoms with Gasteiger partial charge in [0, 0.05) is 5.54 Å². The molecule has 0 aromatic carbocycles. The molecule has 0 aliphatic heterocycles. The molecule has 0 heterocycles. The highest BCUT2D eigenvalue weighted by molar-refractivity contribution is 5.23. The molecular formula is C17H31NO. The van der Waals surface area contributed by atoms with Crippen LogP contribution in [0, 0.1) is 0 Å². The number of hydrogen-bond acceptors (Lipinski definition) is 2. The molecule has 0 spiro atoms. The average Bonchev–Trinajstić information content (AvgIpc) is 2.38. The van der Waals surface area contributed by atoms with Gasteiger partial charge >= 0.3 is 0 Å². The van der Waals surface area contributed by atoms with Crippen molar-refractivity contribution >= 4 is 0 Å². The van der Waals surface area contributed by atoms with E-state index in [0.717, 1.165) is 18.8 Å². The number of rotatable bonds is 10. The Morgan fingerprint density at radius 2 is 1.74 bits per heavy atom. The average molecular weight is 265 g/mol. The highest BCUT2D eigenvalue weighted by Gasteiger charge is 2.16. The van der Waals surface area contributed by atoms with Crippen LogP contribution in [-0.4, -0.2) is 12.1 Å². The molecule has 19 heavy (non-hydrogen) atoms. The van der Waals surface area contributed by atoms with Gasteiger partial charge in [0.05, 0.1) is 6.61 Å². The van der Waals surface area contributed by atoms with Crippen LogP contribution in [0.3, 0.4) is 0 Å². The molecule has 2 N–H and O–H groups in total. The first-order valence-electron chi connectivity index (χ1n) is 7.95. The third-order valence-electron chi connectivity index (χ3n) is 3.64. The summed E-state index contributed by atoms with van der Waals surface area (Å²) in [6, 6.07) is 0. The third-order valence-corrected chi connectivity index (χ3v) is 3.64. The number of nitrogens with two attached hydrogens (primary N) is 1. The van der Waals surface area contributed by atoms with Crippen LogP contribution >= 0.6 is 0 Å². The first-order valence-corrected chi connectivity index (χ1v) is 7.95. The SMILES string of the molecule is CCCCCCCCCCOC1=CCC(C)(N)C=C1. The number of unbranched alkanes of at least 4 members (excludes halogenated alkanes) is 7. The zero-order valence-corrected chi connectivity index (χ0v) is 12.8. The Morgan fingerprint density at radius 3 is 2.32 bits per heavy atom. The van der Waals surface area contributed by atoms with Gasteiger partial charge in [-0.3, -0.25) is 0 Å². The maximum absolute atomic E-state index is 6.00. The summed E-state index contributed by atoms with van der Waals surface area (Å²) in [6.07, 6.45) is 17.7. The molecule has 0 fully saturated rings. The van der Waals surface area contributed by atoms with Crippen LogP contribution in [-0.2, 0) is 4.74 Å². The predicted molar refractivity (Wildman–Crippen MR) is 83.0 cm³/mol. The molecule has 1 atom stereocenters. The minimum atomic E-state index is -0.189. The van der Waals surface area contributed by atoms with Gasteiger partial charge in [0.1, 0.15) is 5.76 Å². The molecule has 1 unspecified atom stereocenters. The molecule has 2 heteroatoms. The summed E-state index contributed by atoms with van der Waals surface area (Å²) < 4.78 is 5.74. The molecule has 1 rings (SSSR count). The Hall–Kier alpha value is -0.760. The highest BCUT2D eigenvalue weighted by atomic mass is 16.5. The van der Waals surface area contributed by atoms with Crippen molar-refractivity contribution in [3.05, 3.63) is 24.0 Å². The summed E-state index contributed by atoms with van der Waals surface area (Å²) in [6.45, 7) is 5.14. The van der Waals surface area contributed by atoms with Crippen molar-refractivity contribution in [1.82, 2.24) is 0 Å². The van der Waals surface area contributed by atoms with Gasteiger partial charge in [0.25, 0.3) is 0 Å². The van der Waals surface area contributed by atoms with Crippen molar-refractivity contribution in [3.8, 4) is 0 Å². The summed E-state index contributed by atoms with van der Waals surface area (Å²) in [5.41, 5.74) is 5.81. The molecular weight excluding hydrogens is 234 g/mol. The van der Waals surface area contributed by atoms with E-state index in [1.807, 2.05) is 19.1 Å². The third kappa shape index (κ3) is 8.10. The molecule has 0 saturated carbocycles. The van der Waals surface area contributed by atoms with E-state index in [1.165, 1.54) is 51.4 Å². The lowest BCUT2D eigenvalue weighted by Crippen LogP contribution is -2.34. The van der Waals surface area contributed by atoms with Crippen LogP contribution in [0.25, 0.3) is 0 Å². The lowest BCUT2D eigenvalue weighted by Gasteiger charge is -2.22. The van der Waals surface area contributed by atoms with Crippen molar-refractivity contribution < 1.29 is 4.74 Å². The topological polar surface area (TPSA) is 35.2 Å². The van der Waals surface area contributed by atoms with Gasteiger partial charge in [-0.1, -0.05) is 57.9 Å². The van der Waals surface area contributed by atoms with E-state index in [9.17, 15) is 0 Å². The second kappa shape index (κ2) is 9.19. The Bertz CT molecular complexity index is 292. The van der Waals surface area contributed by atoms with Crippen molar-refractivity contribution in [2.24, 2.45) is 5.73 Å². The highest BCUT2D eigenvalue weighted by Crippen LogP contribution is 2.18. The Kier molecular flexibility index (Phi) is 7.88. The van der Waals surface area contributed by atoms with E-state index >= 15 is 0 Å². The van der Waals surface area contributed by atoms with Gasteiger partial charge in [-0.25, -0.2) is 0 Å². The van der Waals surface area contributed by atoms with Crippen LogP contribution in [0.4, 0.5) is 0 Å². The van der Waals surface area contributed by atoms with Crippen LogP contribution in [0.2, 0.25) is 0 Å². The molecule has 0 radical (unpaired) electrons. The van der Waals surface area contributed by atoms with Crippen molar-refractivity contribution in [2.45, 2.75) is 77.2 Å². The summed E-state index contributed by atoms with van der Waals surface area (Å²) >= 11 is 0. The molecule has 0 bridgehead atoms. The van der Waals surface area contributed by atoms with Gasteiger partial charge in [-0.05, 0) is 31.9 Å². The minimum absolute atomic E-state index is 0.189. The molecule has 1 aliphatic rings. The van der Waals surface area contributed by atoms with Crippen molar-refractivity contribution in [2.75, 3.05) is 6.61 Å². The second-order valence-corrected chi connectivity index (χ2v) is 5.97. The number of allylic oxidation sites excluding steroid dienone is 1. The Balaban J connectivity index is 1.92. The molecule has 2 nitrogen and oxygen atoms in total. The van der Waals surface area contributed by atoms with Gasteiger partial charge in [-0.15, -0.1) is 0 Å². The zero-order chi connectivity index (χ0) is 14.0. The summed E-state index contributed by atoms with van der Waals surface area (Å²) in [5, 5.41) is 0. The van der Waals surface area contributed by atoms with Crippen molar-refractivity contribution in [1.29, 1.82) is 0 Å². The summed E-state index contributed by atoms with van der Waals surface area (Å²) in [4.78, 5) is 0. The van der Waals surface area contributed by atoms with Crippen molar-refractivity contribution in [3.63, 3.8) is 0 Å². The Morgan fingerprint density at radius 1 is 1.11 bits per heavy atom. The lowest BCUT2D eigenvalue weighted by molar-refractivity contribution is 0.213. The zero-order valence-electron chi connectivity index (χ0n) is 12.8. The van der Waals surface area contributed by atoms with Gasteiger partial charge in [0.15, 0.2) is 0 Å². The standard InChI is InChI=1S/C17H31NO/c1-3-4-5-6-7-8-9-10-15-19-16-11-13-17(2,18)14-12-16/h11-13H,3-10,14-15,18H2,1-2H3. The number of ether oxygens (including phenoxy) is 1. The molecule has 0 aromatic heterocycles. The van der Waals surface area contributed by atoms with E-state index in [4.69, 9.17) is 10.5 Å². The molecule has 0 aromatic rings. The molecule has 0 saturated heterocycles. The fourth-order valence-electron chi connectivity index (χ4n) is 2.26. The quantitative estimate of drug-likeness (QED) is 0.581. The molecule has 1 aliphatic carbocycles. The Labute approximate surface area is 119 Å². The first-order chi connectivity index (χ1) is 9.14. The first kappa shape index (κ1) is 16.3. The van der Waals surface area contributed by atoms with Crippen LogP contribution < -0.4 is 5.73 Å². The fourth-order valence-corrected chi connectivity index (χ4v) is 2.26. The van der Waals surface area contributed by atoms with Crippen LogP contribution in [0.1, 0.15) is 71.6 Å². The molecule has 0 amide bonds. The monoisotopic (exact) mass is 265 g/mol. The minimum Gasteiger partial charge on any atom is -0.494 e. The normalized spacial score (nSPS) is 22.4. The predicted octanol–water partition coefficient (Wildman–Crippen LogP) is 4.70. The van der Waals surface area contributed by atoms with E-state index in [-0.39, 0.29) is 5.54 Å². The van der Waals surface area contributed by atoms with E-state index in [0.29, 0.717) is 0 Å².